The Balaban J connectivity index is 2.05. The van der Waals surface area contributed by atoms with Gasteiger partial charge in [-0.25, -0.2) is 9.78 Å². The van der Waals surface area contributed by atoms with Crippen LogP contribution in [0, 0.1) is 0 Å². The number of fused-ring (bicyclic) bond motifs is 1. The van der Waals surface area contributed by atoms with Crippen LogP contribution in [0.4, 0.5) is 4.79 Å². The smallest absolute Gasteiger partial charge is 0.407 e. The topological polar surface area (TPSA) is 55.6 Å². The molecule has 102 valence electrons. The molecule has 2 aromatic rings. The fourth-order valence-corrected chi connectivity index (χ4v) is 2.07. The lowest BCUT2D eigenvalue weighted by Crippen LogP contribution is -2.32. The molecule has 0 atom stereocenters. The second-order valence-corrected chi connectivity index (χ2v) is 6.05. The van der Waals surface area contributed by atoms with E-state index in [0.717, 1.165) is 15.7 Å². The van der Waals surface area contributed by atoms with Crippen LogP contribution in [-0.2, 0) is 11.3 Å². The van der Waals surface area contributed by atoms with Crippen molar-refractivity contribution in [1.29, 1.82) is 0 Å². The Bertz CT molecular complexity index is 601. The molecule has 1 N–H and O–H groups in total. The van der Waals surface area contributed by atoms with E-state index in [1.807, 2.05) is 43.6 Å². The monoisotopic (exact) mass is 325 g/mol. The van der Waals surface area contributed by atoms with Gasteiger partial charge in [0.2, 0.25) is 0 Å². The minimum Gasteiger partial charge on any atom is -0.444 e. The molecule has 0 bridgehead atoms. The van der Waals surface area contributed by atoms with Crippen molar-refractivity contribution in [2.75, 3.05) is 0 Å². The SMILES string of the molecule is CC(C)(C)OC(=O)NCc1cc2nccn2cc1Br. The summed E-state index contributed by atoms with van der Waals surface area (Å²) in [5.41, 5.74) is 1.29. The number of pyridine rings is 1. The van der Waals surface area contributed by atoms with E-state index in [4.69, 9.17) is 4.74 Å². The average Bonchev–Trinajstić information content (AvgIpc) is 2.70. The van der Waals surface area contributed by atoms with Gasteiger partial charge in [0.25, 0.3) is 0 Å². The zero-order valence-electron chi connectivity index (χ0n) is 11.1. The zero-order chi connectivity index (χ0) is 14.0. The van der Waals surface area contributed by atoms with Gasteiger partial charge in [0.15, 0.2) is 0 Å². The fourth-order valence-electron chi connectivity index (χ4n) is 1.59. The first-order valence-corrected chi connectivity index (χ1v) is 6.72. The van der Waals surface area contributed by atoms with E-state index in [1.165, 1.54) is 0 Å². The van der Waals surface area contributed by atoms with Crippen molar-refractivity contribution in [3.05, 3.63) is 34.7 Å². The van der Waals surface area contributed by atoms with E-state index in [9.17, 15) is 4.79 Å². The summed E-state index contributed by atoms with van der Waals surface area (Å²) >= 11 is 3.47. The largest absolute Gasteiger partial charge is 0.444 e. The van der Waals surface area contributed by atoms with Gasteiger partial charge in [0.05, 0.1) is 0 Å². The number of carbonyl (C=O) groups excluding carboxylic acids is 1. The van der Waals surface area contributed by atoms with Crippen LogP contribution in [0.3, 0.4) is 0 Å². The van der Waals surface area contributed by atoms with Gasteiger partial charge >= 0.3 is 6.09 Å². The highest BCUT2D eigenvalue weighted by Gasteiger charge is 2.16. The van der Waals surface area contributed by atoms with Crippen LogP contribution < -0.4 is 5.32 Å². The van der Waals surface area contributed by atoms with Crippen molar-refractivity contribution in [3.63, 3.8) is 0 Å². The molecule has 2 rings (SSSR count). The van der Waals surface area contributed by atoms with Gasteiger partial charge in [0.1, 0.15) is 11.2 Å². The molecule has 0 fully saturated rings. The summed E-state index contributed by atoms with van der Waals surface area (Å²) in [6, 6.07) is 1.92. The molecule has 0 aliphatic carbocycles. The molecule has 0 unspecified atom stereocenters. The van der Waals surface area contributed by atoms with Crippen molar-refractivity contribution >= 4 is 27.7 Å². The van der Waals surface area contributed by atoms with Crippen LogP contribution in [0.25, 0.3) is 5.65 Å². The van der Waals surface area contributed by atoms with Crippen molar-refractivity contribution in [2.24, 2.45) is 0 Å². The summed E-state index contributed by atoms with van der Waals surface area (Å²) in [6.45, 7) is 5.89. The van der Waals surface area contributed by atoms with Crippen LogP contribution in [0.15, 0.2) is 29.1 Å². The van der Waals surface area contributed by atoms with Gasteiger partial charge in [0, 0.05) is 29.6 Å². The average molecular weight is 326 g/mol. The maximum absolute atomic E-state index is 11.6. The first-order chi connectivity index (χ1) is 8.85. The number of imidazole rings is 1. The molecule has 0 saturated carbocycles. The van der Waals surface area contributed by atoms with Crippen LogP contribution in [0.5, 0.6) is 0 Å². The van der Waals surface area contributed by atoms with Gasteiger partial charge in [-0.2, -0.15) is 0 Å². The molecular formula is C13H16BrN3O2. The second kappa shape index (κ2) is 5.21. The van der Waals surface area contributed by atoms with Gasteiger partial charge in [-0.05, 0) is 48.3 Å². The predicted molar refractivity (Wildman–Crippen MR) is 76.0 cm³/mol. The Hall–Kier alpha value is -1.56. The number of carbonyl (C=O) groups is 1. The summed E-state index contributed by atoms with van der Waals surface area (Å²) in [4.78, 5) is 15.8. The summed E-state index contributed by atoms with van der Waals surface area (Å²) in [7, 11) is 0. The maximum Gasteiger partial charge on any atom is 0.407 e. The normalized spacial score (nSPS) is 11.6. The standard InChI is InChI=1S/C13H16BrN3O2/c1-13(2,3)19-12(18)16-7-9-6-11-15-4-5-17(11)8-10(9)14/h4-6,8H,7H2,1-3H3,(H,16,18). The number of halogens is 1. The first-order valence-electron chi connectivity index (χ1n) is 5.93. The van der Waals surface area contributed by atoms with Crippen molar-refractivity contribution < 1.29 is 9.53 Å². The van der Waals surface area contributed by atoms with Crippen LogP contribution in [0.1, 0.15) is 26.3 Å². The molecule has 0 aliphatic rings. The Kier molecular flexibility index (Phi) is 3.80. The molecule has 5 nitrogen and oxygen atoms in total. The molecule has 2 heterocycles. The van der Waals surface area contributed by atoms with E-state index in [2.05, 4.69) is 26.2 Å². The van der Waals surface area contributed by atoms with Crippen LogP contribution in [-0.4, -0.2) is 21.1 Å². The van der Waals surface area contributed by atoms with Crippen LogP contribution in [0.2, 0.25) is 0 Å². The Morgan fingerprint density at radius 2 is 2.26 bits per heavy atom. The lowest BCUT2D eigenvalue weighted by atomic mass is 10.2. The quantitative estimate of drug-likeness (QED) is 0.922. The number of ether oxygens (including phenoxy) is 1. The second-order valence-electron chi connectivity index (χ2n) is 5.19. The Labute approximate surface area is 120 Å². The van der Waals surface area contributed by atoms with E-state index < -0.39 is 11.7 Å². The fraction of sp³-hybridized carbons (Fsp3) is 0.385. The molecule has 6 heteroatoms. The van der Waals surface area contributed by atoms with Crippen molar-refractivity contribution in [3.8, 4) is 0 Å². The van der Waals surface area contributed by atoms with Gasteiger partial charge in [-0.3, -0.25) is 0 Å². The zero-order valence-corrected chi connectivity index (χ0v) is 12.7. The van der Waals surface area contributed by atoms with E-state index in [1.54, 1.807) is 6.20 Å². The highest BCUT2D eigenvalue weighted by Crippen LogP contribution is 2.18. The summed E-state index contributed by atoms with van der Waals surface area (Å²) in [6.07, 6.45) is 5.08. The number of amides is 1. The molecule has 0 aromatic carbocycles. The van der Waals surface area contributed by atoms with E-state index in [0.29, 0.717) is 6.54 Å². The van der Waals surface area contributed by atoms with Gasteiger partial charge < -0.3 is 14.5 Å². The Morgan fingerprint density at radius 3 is 2.95 bits per heavy atom. The maximum atomic E-state index is 11.6. The minimum absolute atomic E-state index is 0.388. The van der Waals surface area contributed by atoms with Gasteiger partial charge in [-0.15, -0.1) is 0 Å². The number of rotatable bonds is 2. The first kappa shape index (κ1) is 13.9. The lowest BCUT2D eigenvalue weighted by Gasteiger charge is -2.19. The molecule has 19 heavy (non-hydrogen) atoms. The third kappa shape index (κ3) is 3.70. The Morgan fingerprint density at radius 1 is 1.53 bits per heavy atom. The van der Waals surface area contributed by atoms with Crippen molar-refractivity contribution in [2.45, 2.75) is 32.9 Å². The summed E-state index contributed by atoms with van der Waals surface area (Å²) in [5.74, 6) is 0. The van der Waals surface area contributed by atoms with E-state index in [-0.39, 0.29) is 0 Å². The number of hydrogen-bond donors (Lipinski definition) is 1. The van der Waals surface area contributed by atoms with E-state index >= 15 is 0 Å². The number of aromatic nitrogens is 2. The summed E-state index contributed by atoms with van der Waals surface area (Å²) in [5, 5.41) is 2.73. The number of nitrogens with zero attached hydrogens (tertiary/aromatic N) is 2. The van der Waals surface area contributed by atoms with Crippen LogP contribution >= 0.6 is 15.9 Å². The highest BCUT2D eigenvalue weighted by atomic mass is 79.9. The lowest BCUT2D eigenvalue weighted by molar-refractivity contribution is 0.0523. The third-order valence-corrected chi connectivity index (χ3v) is 3.10. The number of nitrogens with one attached hydrogen (secondary N) is 1. The third-order valence-electron chi connectivity index (χ3n) is 2.38. The molecular weight excluding hydrogens is 310 g/mol. The molecule has 0 saturated heterocycles. The molecule has 2 aromatic heterocycles. The number of hydrogen-bond acceptors (Lipinski definition) is 3. The minimum atomic E-state index is -0.492. The molecule has 0 spiro atoms. The highest BCUT2D eigenvalue weighted by molar-refractivity contribution is 9.10. The summed E-state index contributed by atoms with van der Waals surface area (Å²) < 4.78 is 8.00. The molecule has 0 radical (unpaired) electrons. The predicted octanol–water partition coefficient (Wildman–Crippen LogP) is 3.12. The van der Waals surface area contributed by atoms with Gasteiger partial charge in [-0.1, -0.05) is 0 Å². The molecule has 0 aliphatic heterocycles. The molecule has 1 amide bonds. The number of alkyl carbamates (subject to hydrolysis) is 1. The van der Waals surface area contributed by atoms with Crippen molar-refractivity contribution in [1.82, 2.24) is 14.7 Å².